The van der Waals surface area contributed by atoms with Crippen LogP contribution in [0.1, 0.15) is 32.3 Å². The molecule has 6 heteroatoms. The van der Waals surface area contributed by atoms with Crippen LogP contribution in [-0.2, 0) is 6.54 Å². The molecule has 0 aromatic heterocycles. The number of urea groups is 1. The summed E-state index contributed by atoms with van der Waals surface area (Å²) >= 11 is 0. The molecule has 0 fully saturated rings. The first-order valence-electron chi connectivity index (χ1n) is 9.18. The van der Waals surface area contributed by atoms with E-state index in [9.17, 15) is 4.79 Å². The first kappa shape index (κ1) is 20.4. The molecular formula is C21H29N3O3. The molecule has 0 aliphatic heterocycles. The molecule has 2 rings (SSSR count). The van der Waals surface area contributed by atoms with Crippen LogP contribution in [0.25, 0.3) is 0 Å². The van der Waals surface area contributed by atoms with Crippen LogP contribution in [-0.4, -0.2) is 19.7 Å². The quantitative estimate of drug-likeness (QED) is 0.450. The van der Waals surface area contributed by atoms with Crippen molar-refractivity contribution in [1.82, 2.24) is 5.32 Å². The molecule has 0 aliphatic rings. The van der Waals surface area contributed by atoms with Crippen LogP contribution in [0, 0.1) is 5.92 Å². The fraction of sp³-hybridized carbons (Fsp3) is 0.381. The van der Waals surface area contributed by atoms with Gasteiger partial charge in [-0.05, 0) is 42.5 Å². The lowest BCUT2D eigenvalue weighted by molar-refractivity contribution is 0.251. The van der Waals surface area contributed by atoms with Gasteiger partial charge in [-0.3, -0.25) is 0 Å². The highest BCUT2D eigenvalue weighted by Gasteiger charge is 2.09. The third kappa shape index (κ3) is 6.73. The standard InChI is InChI=1S/C21H29N3O3/c1-15(2)7-6-12-27-20-13-17(10-11-19(20)26-3)24-21(25)23-14-16-8-4-5-9-18(16)22/h4-5,8-11,13,15H,6-7,12,14,22H2,1-3H3,(H2,23,24,25). The molecule has 2 amide bonds. The predicted octanol–water partition coefficient (Wildman–Crippen LogP) is 4.41. The Balaban J connectivity index is 1.92. The molecule has 0 bridgehead atoms. The largest absolute Gasteiger partial charge is 0.493 e. The smallest absolute Gasteiger partial charge is 0.319 e. The maximum atomic E-state index is 12.2. The first-order chi connectivity index (χ1) is 13.0. The minimum absolute atomic E-state index is 0.311. The van der Waals surface area contributed by atoms with Crippen molar-refractivity contribution in [2.75, 3.05) is 24.8 Å². The van der Waals surface area contributed by atoms with Gasteiger partial charge in [0.05, 0.1) is 13.7 Å². The molecule has 0 aliphatic carbocycles. The van der Waals surface area contributed by atoms with E-state index in [4.69, 9.17) is 15.2 Å². The van der Waals surface area contributed by atoms with Crippen molar-refractivity contribution in [3.8, 4) is 11.5 Å². The fourth-order valence-electron chi connectivity index (χ4n) is 2.59. The minimum Gasteiger partial charge on any atom is -0.493 e. The number of benzene rings is 2. The number of hydrogen-bond acceptors (Lipinski definition) is 4. The number of nitrogen functional groups attached to an aromatic ring is 1. The van der Waals surface area contributed by atoms with E-state index < -0.39 is 0 Å². The third-order valence-corrected chi connectivity index (χ3v) is 4.10. The SMILES string of the molecule is COc1ccc(NC(=O)NCc2ccccc2N)cc1OCCCC(C)C. The second kappa shape index (κ2) is 10.3. The normalized spacial score (nSPS) is 10.5. The van der Waals surface area contributed by atoms with Crippen molar-refractivity contribution in [2.45, 2.75) is 33.2 Å². The van der Waals surface area contributed by atoms with Gasteiger partial charge in [0.15, 0.2) is 11.5 Å². The van der Waals surface area contributed by atoms with Crippen molar-refractivity contribution in [3.05, 3.63) is 48.0 Å². The Hall–Kier alpha value is -2.89. The van der Waals surface area contributed by atoms with Crippen LogP contribution in [0.15, 0.2) is 42.5 Å². The third-order valence-electron chi connectivity index (χ3n) is 4.10. The Labute approximate surface area is 161 Å². The monoisotopic (exact) mass is 371 g/mol. The van der Waals surface area contributed by atoms with Gasteiger partial charge in [0.2, 0.25) is 0 Å². The van der Waals surface area contributed by atoms with Gasteiger partial charge in [0, 0.05) is 24.0 Å². The van der Waals surface area contributed by atoms with Crippen LogP contribution in [0.2, 0.25) is 0 Å². The van der Waals surface area contributed by atoms with E-state index in [0.29, 0.717) is 41.9 Å². The van der Waals surface area contributed by atoms with Gasteiger partial charge in [0.1, 0.15) is 0 Å². The highest BCUT2D eigenvalue weighted by atomic mass is 16.5. The van der Waals surface area contributed by atoms with E-state index in [1.807, 2.05) is 18.2 Å². The zero-order valence-electron chi connectivity index (χ0n) is 16.2. The maximum absolute atomic E-state index is 12.2. The number of anilines is 2. The van der Waals surface area contributed by atoms with E-state index in [1.54, 1.807) is 31.4 Å². The van der Waals surface area contributed by atoms with Crippen molar-refractivity contribution in [2.24, 2.45) is 5.92 Å². The summed E-state index contributed by atoms with van der Waals surface area (Å²) in [5.74, 6) is 1.90. The summed E-state index contributed by atoms with van der Waals surface area (Å²) in [7, 11) is 1.60. The summed E-state index contributed by atoms with van der Waals surface area (Å²) in [6.07, 6.45) is 2.07. The van der Waals surface area contributed by atoms with Gasteiger partial charge in [-0.2, -0.15) is 0 Å². The van der Waals surface area contributed by atoms with Crippen molar-refractivity contribution in [3.63, 3.8) is 0 Å². The van der Waals surface area contributed by atoms with E-state index in [0.717, 1.165) is 18.4 Å². The van der Waals surface area contributed by atoms with E-state index in [2.05, 4.69) is 24.5 Å². The lowest BCUT2D eigenvalue weighted by Gasteiger charge is -2.14. The predicted molar refractivity (Wildman–Crippen MR) is 109 cm³/mol. The second-order valence-electron chi connectivity index (χ2n) is 6.76. The molecular weight excluding hydrogens is 342 g/mol. The van der Waals surface area contributed by atoms with Crippen LogP contribution >= 0.6 is 0 Å². The average Bonchev–Trinajstić information content (AvgIpc) is 2.64. The summed E-state index contributed by atoms with van der Waals surface area (Å²) in [5, 5.41) is 5.60. The zero-order chi connectivity index (χ0) is 19.6. The van der Waals surface area contributed by atoms with Crippen molar-refractivity contribution < 1.29 is 14.3 Å². The number of methoxy groups -OCH3 is 1. The highest BCUT2D eigenvalue weighted by molar-refractivity contribution is 5.89. The van der Waals surface area contributed by atoms with Gasteiger partial charge in [0.25, 0.3) is 0 Å². The molecule has 2 aromatic rings. The molecule has 0 heterocycles. The molecule has 0 unspecified atom stereocenters. The maximum Gasteiger partial charge on any atom is 0.319 e. The number of nitrogens with one attached hydrogen (secondary N) is 2. The average molecular weight is 371 g/mol. The van der Waals surface area contributed by atoms with E-state index >= 15 is 0 Å². The molecule has 0 saturated heterocycles. The fourth-order valence-corrected chi connectivity index (χ4v) is 2.59. The van der Waals surface area contributed by atoms with Crippen LogP contribution in [0.3, 0.4) is 0 Å². The van der Waals surface area contributed by atoms with Gasteiger partial charge in [-0.25, -0.2) is 4.79 Å². The van der Waals surface area contributed by atoms with Gasteiger partial charge < -0.3 is 25.8 Å². The van der Waals surface area contributed by atoms with Gasteiger partial charge in [-0.1, -0.05) is 32.0 Å². The van der Waals surface area contributed by atoms with Crippen LogP contribution in [0.5, 0.6) is 11.5 Å². The number of para-hydroxylation sites is 1. The summed E-state index contributed by atoms with van der Waals surface area (Å²) in [4.78, 5) is 12.2. The van der Waals surface area contributed by atoms with Crippen molar-refractivity contribution in [1.29, 1.82) is 0 Å². The van der Waals surface area contributed by atoms with Gasteiger partial charge in [-0.15, -0.1) is 0 Å². The number of carbonyl (C=O) groups is 1. The Morgan fingerprint density at radius 2 is 1.93 bits per heavy atom. The Morgan fingerprint density at radius 1 is 1.15 bits per heavy atom. The Morgan fingerprint density at radius 3 is 2.63 bits per heavy atom. The van der Waals surface area contributed by atoms with Crippen molar-refractivity contribution >= 4 is 17.4 Å². The molecule has 2 aromatic carbocycles. The molecule has 0 saturated carbocycles. The number of nitrogens with two attached hydrogens (primary N) is 1. The Kier molecular flexibility index (Phi) is 7.79. The first-order valence-corrected chi connectivity index (χ1v) is 9.18. The van der Waals surface area contributed by atoms with Crippen LogP contribution < -0.4 is 25.8 Å². The molecule has 0 radical (unpaired) electrons. The van der Waals surface area contributed by atoms with E-state index in [1.165, 1.54) is 0 Å². The minimum atomic E-state index is -0.311. The summed E-state index contributed by atoms with van der Waals surface area (Å²) < 4.78 is 11.2. The molecule has 27 heavy (non-hydrogen) atoms. The molecule has 0 spiro atoms. The number of rotatable bonds is 9. The molecule has 0 atom stereocenters. The van der Waals surface area contributed by atoms with Crippen LogP contribution in [0.4, 0.5) is 16.2 Å². The lowest BCUT2D eigenvalue weighted by Crippen LogP contribution is -2.28. The lowest BCUT2D eigenvalue weighted by atomic mass is 10.1. The van der Waals surface area contributed by atoms with Gasteiger partial charge >= 0.3 is 6.03 Å². The summed E-state index contributed by atoms with van der Waals surface area (Å²) in [5.41, 5.74) is 8.04. The molecule has 4 N–H and O–H groups in total. The molecule has 6 nitrogen and oxygen atoms in total. The Bertz CT molecular complexity index is 747. The number of hydrogen-bond donors (Lipinski definition) is 3. The zero-order valence-corrected chi connectivity index (χ0v) is 16.2. The van der Waals surface area contributed by atoms with E-state index in [-0.39, 0.29) is 6.03 Å². The number of carbonyl (C=O) groups excluding carboxylic acids is 1. The highest BCUT2D eigenvalue weighted by Crippen LogP contribution is 2.30. The number of amides is 2. The summed E-state index contributed by atoms with van der Waals surface area (Å²) in [6, 6.07) is 12.4. The topological polar surface area (TPSA) is 85.6 Å². The number of ether oxygens (including phenoxy) is 2. The molecule has 146 valence electrons. The second-order valence-corrected chi connectivity index (χ2v) is 6.76. The summed E-state index contributed by atoms with van der Waals surface area (Å²) in [6.45, 7) is 5.34.